The van der Waals surface area contributed by atoms with Gasteiger partial charge in [-0.15, -0.1) is 0 Å². The zero-order chi connectivity index (χ0) is 18.1. The number of likely N-dealkylation sites (N-methyl/N-ethyl adjacent to an activating group) is 1. The van der Waals surface area contributed by atoms with Crippen molar-refractivity contribution in [3.8, 4) is 17.2 Å². The predicted molar refractivity (Wildman–Crippen MR) is 97.4 cm³/mol. The van der Waals surface area contributed by atoms with E-state index in [1.807, 2.05) is 55.5 Å². The Morgan fingerprint density at radius 3 is 2.08 bits per heavy atom. The van der Waals surface area contributed by atoms with Crippen LogP contribution in [0, 0.1) is 0 Å². The molecular weight excluding hydrogens is 318 g/mol. The van der Waals surface area contributed by atoms with Gasteiger partial charge in [0, 0.05) is 7.05 Å². The third-order valence-electron chi connectivity index (χ3n) is 3.77. The molecule has 2 rings (SSSR count). The fourth-order valence-corrected chi connectivity index (χ4v) is 2.28. The molecule has 134 valence electrons. The van der Waals surface area contributed by atoms with Gasteiger partial charge < -0.3 is 19.1 Å². The maximum atomic E-state index is 12.3. The molecule has 0 aliphatic carbocycles. The van der Waals surface area contributed by atoms with Gasteiger partial charge in [0.1, 0.15) is 23.9 Å². The highest BCUT2D eigenvalue weighted by molar-refractivity contribution is 5.78. The number of methoxy groups -OCH3 is 1. The van der Waals surface area contributed by atoms with Gasteiger partial charge in [0.25, 0.3) is 0 Å². The van der Waals surface area contributed by atoms with Crippen LogP contribution in [0.3, 0.4) is 0 Å². The minimum absolute atomic E-state index is 0.0579. The molecule has 0 bridgehead atoms. The van der Waals surface area contributed by atoms with Crippen LogP contribution in [0.4, 0.5) is 0 Å². The van der Waals surface area contributed by atoms with Crippen LogP contribution in [0.25, 0.3) is 0 Å². The number of hydrogen-bond acceptors (Lipinski definition) is 4. The molecule has 2 aromatic rings. The summed E-state index contributed by atoms with van der Waals surface area (Å²) in [5.74, 6) is 2.42. The Kier molecular flexibility index (Phi) is 7.14. The number of carbonyl (C=O) groups is 1. The molecule has 0 spiro atoms. The second kappa shape index (κ2) is 9.57. The van der Waals surface area contributed by atoms with Gasteiger partial charge in [0.2, 0.25) is 5.91 Å². The van der Waals surface area contributed by atoms with Gasteiger partial charge in [-0.2, -0.15) is 0 Å². The highest BCUT2D eigenvalue weighted by Gasteiger charge is 2.10. The summed E-state index contributed by atoms with van der Waals surface area (Å²) in [5, 5.41) is 0. The molecule has 0 N–H and O–H groups in total. The predicted octanol–water partition coefficient (Wildman–Crippen LogP) is 3.17. The fourth-order valence-electron chi connectivity index (χ4n) is 2.28. The first-order valence-electron chi connectivity index (χ1n) is 8.35. The number of ether oxygens (including phenoxy) is 3. The van der Waals surface area contributed by atoms with Gasteiger partial charge in [-0.3, -0.25) is 4.79 Å². The Balaban J connectivity index is 1.75. The topological polar surface area (TPSA) is 48.0 Å². The van der Waals surface area contributed by atoms with Gasteiger partial charge in [0.05, 0.1) is 26.7 Å². The lowest BCUT2D eigenvalue weighted by molar-refractivity contribution is -0.129. The number of rotatable bonds is 9. The van der Waals surface area contributed by atoms with E-state index in [0.717, 1.165) is 22.8 Å². The van der Waals surface area contributed by atoms with E-state index in [1.165, 1.54) is 0 Å². The van der Waals surface area contributed by atoms with Crippen LogP contribution in [-0.4, -0.2) is 44.7 Å². The Morgan fingerprint density at radius 2 is 1.48 bits per heavy atom. The van der Waals surface area contributed by atoms with Gasteiger partial charge >= 0.3 is 0 Å². The largest absolute Gasteiger partial charge is 0.497 e. The van der Waals surface area contributed by atoms with Crippen LogP contribution in [0.5, 0.6) is 17.2 Å². The van der Waals surface area contributed by atoms with Crippen LogP contribution < -0.4 is 14.2 Å². The SMILES string of the molecule is CCOc1ccc(CC(=O)N(C)CCOc2ccc(OC)cc2)cc1. The first kappa shape index (κ1) is 18.6. The van der Waals surface area contributed by atoms with Crippen LogP contribution in [-0.2, 0) is 11.2 Å². The van der Waals surface area contributed by atoms with E-state index >= 15 is 0 Å². The fraction of sp³-hybridized carbons (Fsp3) is 0.350. The Bertz CT molecular complexity index is 652. The van der Waals surface area contributed by atoms with Crippen LogP contribution in [0.1, 0.15) is 12.5 Å². The Labute approximate surface area is 149 Å². The minimum Gasteiger partial charge on any atom is -0.497 e. The highest BCUT2D eigenvalue weighted by Crippen LogP contribution is 2.17. The molecule has 1 amide bonds. The van der Waals surface area contributed by atoms with E-state index in [-0.39, 0.29) is 5.91 Å². The quantitative estimate of drug-likeness (QED) is 0.702. The number of carbonyl (C=O) groups excluding carboxylic acids is 1. The van der Waals surface area contributed by atoms with Crippen molar-refractivity contribution >= 4 is 5.91 Å². The van der Waals surface area contributed by atoms with Crippen molar-refractivity contribution in [2.24, 2.45) is 0 Å². The summed E-state index contributed by atoms with van der Waals surface area (Å²) < 4.78 is 16.2. The summed E-state index contributed by atoms with van der Waals surface area (Å²) >= 11 is 0. The molecule has 2 aromatic carbocycles. The molecule has 0 aliphatic rings. The van der Waals surface area contributed by atoms with E-state index < -0.39 is 0 Å². The summed E-state index contributed by atoms with van der Waals surface area (Å²) in [4.78, 5) is 14.0. The summed E-state index contributed by atoms with van der Waals surface area (Å²) in [6, 6.07) is 15.0. The Hall–Kier alpha value is -2.69. The van der Waals surface area contributed by atoms with Crippen molar-refractivity contribution < 1.29 is 19.0 Å². The number of nitrogens with zero attached hydrogens (tertiary/aromatic N) is 1. The molecule has 0 saturated carbocycles. The Morgan fingerprint density at radius 1 is 0.920 bits per heavy atom. The number of benzene rings is 2. The molecule has 0 radical (unpaired) electrons. The van der Waals surface area contributed by atoms with E-state index in [2.05, 4.69) is 0 Å². The van der Waals surface area contributed by atoms with Crippen LogP contribution in [0.15, 0.2) is 48.5 Å². The summed E-state index contributed by atoms with van der Waals surface area (Å²) in [6.45, 7) is 3.55. The van der Waals surface area contributed by atoms with Crippen molar-refractivity contribution in [3.63, 3.8) is 0 Å². The first-order valence-corrected chi connectivity index (χ1v) is 8.35. The molecule has 0 heterocycles. The van der Waals surface area contributed by atoms with Gasteiger partial charge in [-0.1, -0.05) is 12.1 Å². The summed E-state index contributed by atoms with van der Waals surface area (Å²) in [7, 11) is 3.41. The molecule has 5 heteroatoms. The number of amides is 1. The molecule has 0 fully saturated rings. The molecule has 0 unspecified atom stereocenters. The standard InChI is InChI=1S/C20H25NO4/c1-4-24-18-7-5-16(6-8-18)15-20(22)21(2)13-14-25-19-11-9-17(23-3)10-12-19/h5-12H,4,13-15H2,1-3H3. The smallest absolute Gasteiger partial charge is 0.226 e. The zero-order valence-electron chi connectivity index (χ0n) is 15.0. The average Bonchev–Trinajstić information content (AvgIpc) is 2.64. The number of hydrogen-bond donors (Lipinski definition) is 0. The van der Waals surface area contributed by atoms with Gasteiger partial charge in [-0.05, 0) is 48.9 Å². The lowest BCUT2D eigenvalue weighted by Gasteiger charge is -2.17. The summed E-state index contributed by atoms with van der Waals surface area (Å²) in [6.07, 6.45) is 0.367. The van der Waals surface area contributed by atoms with E-state index in [1.54, 1.807) is 19.1 Å². The summed E-state index contributed by atoms with van der Waals surface area (Å²) in [5.41, 5.74) is 0.969. The second-order valence-electron chi connectivity index (χ2n) is 5.59. The molecule has 0 aliphatic heterocycles. The zero-order valence-corrected chi connectivity index (χ0v) is 15.0. The average molecular weight is 343 g/mol. The van der Waals surface area contributed by atoms with Crippen molar-refractivity contribution in [1.29, 1.82) is 0 Å². The first-order chi connectivity index (χ1) is 12.1. The van der Waals surface area contributed by atoms with Crippen molar-refractivity contribution in [3.05, 3.63) is 54.1 Å². The van der Waals surface area contributed by atoms with Crippen LogP contribution >= 0.6 is 0 Å². The monoisotopic (exact) mass is 343 g/mol. The van der Waals surface area contributed by atoms with Crippen LogP contribution in [0.2, 0.25) is 0 Å². The molecule has 25 heavy (non-hydrogen) atoms. The molecule has 0 saturated heterocycles. The maximum absolute atomic E-state index is 12.3. The highest BCUT2D eigenvalue weighted by atomic mass is 16.5. The molecule has 0 atom stereocenters. The molecule has 5 nitrogen and oxygen atoms in total. The van der Waals surface area contributed by atoms with E-state index in [4.69, 9.17) is 14.2 Å². The normalized spacial score (nSPS) is 10.2. The maximum Gasteiger partial charge on any atom is 0.226 e. The van der Waals surface area contributed by atoms with E-state index in [0.29, 0.717) is 26.2 Å². The van der Waals surface area contributed by atoms with Gasteiger partial charge in [-0.25, -0.2) is 0 Å². The van der Waals surface area contributed by atoms with Crippen molar-refractivity contribution in [2.45, 2.75) is 13.3 Å². The third kappa shape index (κ3) is 6.03. The third-order valence-corrected chi connectivity index (χ3v) is 3.77. The molecule has 0 aromatic heterocycles. The lowest BCUT2D eigenvalue weighted by Crippen LogP contribution is -2.32. The minimum atomic E-state index is 0.0579. The van der Waals surface area contributed by atoms with Gasteiger partial charge in [0.15, 0.2) is 0 Å². The lowest BCUT2D eigenvalue weighted by atomic mass is 10.1. The second-order valence-corrected chi connectivity index (χ2v) is 5.59. The molecular formula is C20H25NO4. The van der Waals surface area contributed by atoms with Crippen molar-refractivity contribution in [1.82, 2.24) is 4.90 Å². The van der Waals surface area contributed by atoms with Crippen molar-refractivity contribution in [2.75, 3.05) is 33.9 Å². The van der Waals surface area contributed by atoms with E-state index in [9.17, 15) is 4.79 Å².